The summed E-state index contributed by atoms with van der Waals surface area (Å²) in [6.07, 6.45) is 0.574. The van der Waals surface area contributed by atoms with Crippen LogP contribution < -0.4 is 5.32 Å². The van der Waals surface area contributed by atoms with Crippen molar-refractivity contribution < 1.29 is 9.32 Å². The van der Waals surface area contributed by atoms with Crippen molar-refractivity contribution >= 4 is 12.2 Å². The van der Waals surface area contributed by atoms with Crippen LogP contribution in [-0.4, -0.2) is 11.6 Å². The van der Waals surface area contributed by atoms with E-state index in [1.54, 1.807) is 6.07 Å². The van der Waals surface area contributed by atoms with Crippen LogP contribution in [0, 0.1) is 20.8 Å². The minimum Gasteiger partial charge on any atom is -0.359 e. The van der Waals surface area contributed by atoms with Crippen molar-refractivity contribution in [2.24, 2.45) is 0 Å². The lowest BCUT2D eigenvalue weighted by atomic mass is 9.93. The van der Waals surface area contributed by atoms with Crippen molar-refractivity contribution in [1.82, 2.24) is 5.16 Å². The van der Waals surface area contributed by atoms with Crippen LogP contribution in [0.5, 0.6) is 0 Å². The van der Waals surface area contributed by atoms with Gasteiger partial charge in [0.05, 0.1) is 0 Å². The molecule has 0 unspecified atom stereocenters. The molecule has 4 heteroatoms. The molecule has 4 nitrogen and oxygen atoms in total. The molecule has 1 aromatic heterocycles. The number of carbonyl (C=O) groups excluding carboxylic acids is 1. The van der Waals surface area contributed by atoms with Gasteiger partial charge in [0.25, 0.3) is 0 Å². The Morgan fingerprint density at radius 1 is 1.04 bits per heavy atom. The Labute approximate surface area is 140 Å². The largest absolute Gasteiger partial charge is 0.359 e. The first-order chi connectivity index (χ1) is 10.7. The first-order valence-electron chi connectivity index (χ1n) is 7.95. The summed E-state index contributed by atoms with van der Waals surface area (Å²) in [7, 11) is 0. The van der Waals surface area contributed by atoms with E-state index in [1.807, 2.05) is 34.6 Å². The van der Waals surface area contributed by atoms with E-state index in [0.29, 0.717) is 12.2 Å². The van der Waals surface area contributed by atoms with Gasteiger partial charge in [-0.3, -0.25) is 4.79 Å². The minimum absolute atomic E-state index is 0.0736. The maximum atomic E-state index is 10.0. The van der Waals surface area contributed by atoms with Gasteiger partial charge in [-0.05, 0) is 31.9 Å². The quantitative estimate of drug-likeness (QED) is 0.776. The van der Waals surface area contributed by atoms with Crippen molar-refractivity contribution in [2.45, 2.75) is 60.8 Å². The first-order valence-corrected chi connectivity index (χ1v) is 7.95. The maximum Gasteiger partial charge on any atom is 0.212 e. The van der Waals surface area contributed by atoms with Crippen LogP contribution in [0.2, 0.25) is 0 Å². The summed E-state index contributed by atoms with van der Waals surface area (Å²) in [5, 5.41) is 6.07. The van der Waals surface area contributed by atoms with Crippen LogP contribution in [0.1, 0.15) is 57.1 Å². The van der Waals surface area contributed by atoms with Gasteiger partial charge in [-0.25, -0.2) is 0 Å². The number of nitrogens with zero attached hydrogens (tertiary/aromatic N) is 1. The molecular formula is C19H30N2O2. The molecule has 0 fully saturated rings. The van der Waals surface area contributed by atoms with Crippen LogP contribution in [-0.2, 0) is 10.2 Å². The predicted molar refractivity (Wildman–Crippen MR) is 96.9 cm³/mol. The number of rotatable bonds is 2. The van der Waals surface area contributed by atoms with Crippen LogP contribution in [0.3, 0.4) is 0 Å². The molecule has 0 spiro atoms. The maximum absolute atomic E-state index is 10.0. The lowest BCUT2D eigenvalue weighted by Crippen LogP contribution is -2.09. The molecule has 0 saturated carbocycles. The molecule has 0 aliphatic carbocycles. The van der Waals surface area contributed by atoms with Gasteiger partial charge in [0, 0.05) is 11.5 Å². The number of amides is 1. The van der Waals surface area contributed by atoms with Gasteiger partial charge in [-0.2, -0.15) is 0 Å². The highest BCUT2D eigenvalue weighted by Gasteiger charge is 2.19. The molecule has 128 valence electrons. The number of hydrogen-bond acceptors (Lipinski definition) is 3. The van der Waals surface area contributed by atoms with Crippen molar-refractivity contribution in [2.75, 3.05) is 5.32 Å². The van der Waals surface area contributed by atoms with E-state index in [9.17, 15) is 4.79 Å². The molecule has 0 atom stereocenters. The number of aromatic nitrogens is 1. The summed E-state index contributed by atoms with van der Waals surface area (Å²) in [6.45, 7) is 16.4. The molecular weight excluding hydrogens is 288 g/mol. The van der Waals surface area contributed by atoms with Crippen molar-refractivity contribution in [3.05, 3.63) is 46.7 Å². The summed E-state index contributed by atoms with van der Waals surface area (Å²) in [5.41, 5.74) is 4.03. The summed E-state index contributed by atoms with van der Waals surface area (Å²) < 4.78 is 5.01. The van der Waals surface area contributed by atoms with Crippen molar-refractivity contribution in [1.29, 1.82) is 0 Å². The zero-order valence-corrected chi connectivity index (χ0v) is 15.7. The van der Waals surface area contributed by atoms with E-state index in [0.717, 1.165) is 5.76 Å². The summed E-state index contributed by atoms with van der Waals surface area (Å²) in [5.74, 6) is 1.21. The molecule has 0 aliphatic rings. The van der Waals surface area contributed by atoms with Gasteiger partial charge < -0.3 is 9.84 Å². The zero-order valence-electron chi connectivity index (χ0n) is 15.7. The smallest absolute Gasteiger partial charge is 0.212 e. The highest BCUT2D eigenvalue weighted by Crippen LogP contribution is 2.23. The molecule has 1 aromatic carbocycles. The number of aryl methyl sites for hydroxylation is 3. The molecule has 1 amide bonds. The molecule has 1 heterocycles. The topological polar surface area (TPSA) is 55.1 Å². The fourth-order valence-corrected chi connectivity index (χ4v) is 1.65. The third kappa shape index (κ3) is 7.63. The van der Waals surface area contributed by atoms with Crippen molar-refractivity contribution in [3.8, 4) is 0 Å². The number of anilines is 1. The van der Waals surface area contributed by atoms with E-state index in [1.165, 1.54) is 16.7 Å². The Balaban J connectivity index is 0.000000392. The lowest BCUT2D eigenvalue weighted by Gasteiger charge is -2.11. The first kappa shape index (κ1) is 20.9. The Kier molecular flexibility index (Phi) is 8.93. The van der Waals surface area contributed by atoms with Gasteiger partial charge in [-0.1, -0.05) is 63.5 Å². The second-order valence-corrected chi connectivity index (χ2v) is 6.18. The molecule has 23 heavy (non-hydrogen) atoms. The Morgan fingerprint density at radius 3 is 2.04 bits per heavy atom. The van der Waals surface area contributed by atoms with Crippen LogP contribution in [0.25, 0.3) is 0 Å². The second kappa shape index (κ2) is 9.82. The second-order valence-electron chi connectivity index (χ2n) is 6.18. The fraction of sp³-hybridized carbons (Fsp3) is 0.474. The average Bonchev–Trinajstić information content (AvgIpc) is 2.95. The number of benzene rings is 1. The third-order valence-corrected chi connectivity index (χ3v) is 3.12. The highest BCUT2D eigenvalue weighted by atomic mass is 16.5. The SMILES string of the molecule is CC.CC(C)(C)c1cc(NC=O)no1.Cc1ccc(C)c(C)c1. The third-order valence-electron chi connectivity index (χ3n) is 3.12. The van der Waals surface area contributed by atoms with E-state index in [2.05, 4.69) is 49.4 Å². The molecule has 0 radical (unpaired) electrons. The van der Waals surface area contributed by atoms with E-state index in [4.69, 9.17) is 4.52 Å². The van der Waals surface area contributed by atoms with Gasteiger partial charge in [0.2, 0.25) is 6.41 Å². The van der Waals surface area contributed by atoms with Crippen molar-refractivity contribution in [3.63, 3.8) is 0 Å². The van der Waals surface area contributed by atoms with Gasteiger partial charge in [0.15, 0.2) is 5.82 Å². The summed E-state index contributed by atoms with van der Waals surface area (Å²) in [4.78, 5) is 10.0. The van der Waals surface area contributed by atoms with Crippen LogP contribution in [0.4, 0.5) is 5.82 Å². The Morgan fingerprint density at radius 2 is 1.65 bits per heavy atom. The molecule has 1 N–H and O–H groups in total. The standard InChI is InChI=1S/C9H12.C8H12N2O2.C2H6/c1-7-4-5-8(2)9(3)6-7;1-8(2,3)6-4-7(9-5-11)10-12-6;1-2/h4-6H,1-3H3;4-5H,1-3H3,(H,9,10,11);1-2H3. The molecule has 0 bridgehead atoms. The molecule has 2 rings (SSSR count). The highest BCUT2D eigenvalue weighted by molar-refractivity contribution is 5.68. The minimum atomic E-state index is -0.0736. The fourth-order valence-electron chi connectivity index (χ4n) is 1.65. The number of hydrogen-bond donors (Lipinski definition) is 1. The van der Waals surface area contributed by atoms with Gasteiger partial charge in [0.1, 0.15) is 5.76 Å². The Hall–Kier alpha value is -2.10. The monoisotopic (exact) mass is 318 g/mol. The normalized spacial score (nSPS) is 9.91. The molecule has 2 aromatic rings. The van der Waals surface area contributed by atoms with Crippen LogP contribution in [0.15, 0.2) is 28.8 Å². The number of nitrogens with one attached hydrogen (secondary N) is 1. The predicted octanol–water partition coefficient (Wildman–Crippen LogP) is 5.18. The summed E-state index contributed by atoms with van der Waals surface area (Å²) in [6, 6.07) is 8.22. The number of carbonyl (C=O) groups is 1. The zero-order chi connectivity index (χ0) is 18.0. The lowest BCUT2D eigenvalue weighted by molar-refractivity contribution is -0.105. The Bertz CT molecular complexity index is 596. The van der Waals surface area contributed by atoms with E-state index in [-0.39, 0.29) is 5.41 Å². The van der Waals surface area contributed by atoms with E-state index >= 15 is 0 Å². The van der Waals surface area contributed by atoms with Gasteiger partial charge in [-0.15, -0.1) is 0 Å². The molecule has 0 aliphatic heterocycles. The van der Waals surface area contributed by atoms with E-state index < -0.39 is 0 Å². The van der Waals surface area contributed by atoms with Crippen LogP contribution >= 0.6 is 0 Å². The average molecular weight is 318 g/mol. The van der Waals surface area contributed by atoms with Gasteiger partial charge >= 0.3 is 0 Å². The molecule has 0 saturated heterocycles. The summed E-state index contributed by atoms with van der Waals surface area (Å²) >= 11 is 0.